The molecule has 8 heteroatoms. The van der Waals surface area contributed by atoms with Gasteiger partial charge in [-0.3, -0.25) is 0 Å². The summed E-state index contributed by atoms with van der Waals surface area (Å²) in [6.45, 7) is 3.87. The van der Waals surface area contributed by atoms with Gasteiger partial charge in [0.1, 0.15) is 5.75 Å². The summed E-state index contributed by atoms with van der Waals surface area (Å²) in [5.74, 6) is 0.653. The number of rotatable bonds is 5. The smallest absolute Gasteiger partial charge is 0.317 e. The van der Waals surface area contributed by atoms with Gasteiger partial charge in [0.2, 0.25) is 10.0 Å². The molecule has 1 heterocycles. The lowest BCUT2D eigenvalue weighted by Crippen LogP contribution is -2.54. The van der Waals surface area contributed by atoms with E-state index in [1.807, 2.05) is 6.92 Å². The van der Waals surface area contributed by atoms with Crippen molar-refractivity contribution < 1.29 is 17.9 Å². The number of nitrogens with one attached hydrogen (secondary N) is 1. The van der Waals surface area contributed by atoms with Crippen LogP contribution in [0.5, 0.6) is 5.75 Å². The molecule has 1 aliphatic heterocycles. The Morgan fingerprint density at radius 3 is 2.31 bits per heavy atom. The molecule has 3 rings (SSSR count). The minimum atomic E-state index is -3.55. The lowest BCUT2D eigenvalue weighted by atomic mass is 10.2. The fourth-order valence-electron chi connectivity index (χ4n) is 3.49. The Bertz CT molecular complexity index is 706. The summed E-state index contributed by atoms with van der Waals surface area (Å²) >= 11 is 0. The van der Waals surface area contributed by atoms with Crippen LogP contribution in [-0.4, -0.2) is 62.5 Å². The Labute approximate surface area is 155 Å². The number of hydrogen-bond donors (Lipinski definition) is 1. The van der Waals surface area contributed by atoms with Gasteiger partial charge in [-0.2, -0.15) is 4.31 Å². The summed E-state index contributed by atoms with van der Waals surface area (Å²) in [7, 11) is -3.55. The maximum Gasteiger partial charge on any atom is 0.317 e. The van der Waals surface area contributed by atoms with Crippen molar-refractivity contribution in [2.24, 2.45) is 0 Å². The normalized spacial score (nSPS) is 19.5. The maximum absolute atomic E-state index is 12.8. The Kier molecular flexibility index (Phi) is 6.03. The van der Waals surface area contributed by atoms with Gasteiger partial charge in [0.25, 0.3) is 0 Å². The lowest BCUT2D eigenvalue weighted by Gasteiger charge is -2.34. The molecular weight excluding hydrogens is 354 g/mol. The van der Waals surface area contributed by atoms with Gasteiger partial charge < -0.3 is 15.0 Å². The van der Waals surface area contributed by atoms with E-state index in [9.17, 15) is 13.2 Å². The van der Waals surface area contributed by atoms with Crippen molar-refractivity contribution >= 4 is 16.1 Å². The fourth-order valence-corrected chi connectivity index (χ4v) is 4.91. The molecule has 2 aliphatic rings. The van der Waals surface area contributed by atoms with E-state index in [4.69, 9.17) is 4.74 Å². The number of amides is 2. The van der Waals surface area contributed by atoms with Crippen LogP contribution in [0.25, 0.3) is 0 Å². The number of benzene rings is 1. The van der Waals surface area contributed by atoms with Crippen LogP contribution < -0.4 is 10.1 Å². The van der Waals surface area contributed by atoms with Gasteiger partial charge in [0.05, 0.1) is 11.5 Å². The summed E-state index contributed by atoms with van der Waals surface area (Å²) in [4.78, 5) is 14.3. The number of urea groups is 1. The number of nitrogens with zero attached hydrogens (tertiary/aromatic N) is 2. The largest absolute Gasteiger partial charge is 0.494 e. The summed E-state index contributed by atoms with van der Waals surface area (Å²) in [5, 5.41) is 3.06. The van der Waals surface area contributed by atoms with Crippen LogP contribution in [0.15, 0.2) is 29.2 Å². The van der Waals surface area contributed by atoms with Crippen LogP contribution in [0.4, 0.5) is 4.79 Å². The van der Waals surface area contributed by atoms with E-state index in [2.05, 4.69) is 5.32 Å². The molecular formula is C18H27N3O4S. The fraction of sp³-hybridized carbons (Fsp3) is 0.611. The summed E-state index contributed by atoms with van der Waals surface area (Å²) in [6.07, 6.45) is 4.41. The molecule has 26 heavy (non-hydrogen) atoms. The molecule has 0 unspecified atom stereocenters. The van der Waals surface area contributed by atoms with Crippen LogP contribution in [-0.2, 0) is 10.0 Å². The van der Waals surface area contributed by atoms with Crippen molar-refractivity contribution in [1.82, 2.24) is 14.5 Å². The molecule has 0 spiro atoms. The van der Waals surface area contributed by atoms with Crippen LogP contribution >= 0.6 is 0 Å². The second-order valence-electron chi connectivity index (χ2n) is 6.73. The number of carbonyl (C=O) groups excluding carboxylic acids is 1. The highest BCUT2D eigenvalue weighted by molar-refractivity contribution is 7.89. The third kappa shape index (κ3) is 4.29. The summed E-state index contributed by atoms with van der Waals surface area (Å²) in [5.41, 5.74) is 0. The minimum Gasteiger partial charge on any atom is -0.494 e. The van der Waals surface area contributed by atoms with E-state index in [1.54, 1.807) is 29.2 Å². The van der Waals surface area contributed by atoms with E-state index in [0.29, 0.717) is 38.5 Å². The van der Waals surface area contributed by atoms with E-state index >= 15 is 0 Å². The van der Waals surface area contributed by atoms with Gasteiger partial charge >= 0.3 is 6.03 Å². The zero-order valence-corrected chi connectivity index (χ0v) is 16.0. The third-order valence-corrected chi connectivity index (χ3v) is 6.89. The first-order valence-electron chi connectivity index (χ1n) is 9.29. The number of piperazine rings is 1. The SMILES string of the molecule is CCOc1ccc(S(=O)(=O)N2CCN(C(=O)NC3CCCC3)CC2)cc1. The Morgan fingerprint density at radius 1 is 1.12 bits per heavy atom. The van der Waals surface area contributed by atoms with Crippen molar-refractivity contribution in [1.29, 1.82) is 0 Å². The average molecular weight is 381 g/mol. The number of carbonyl (C=O) groups is 1. The van der Waals surface area contributed by atoms with Crippen molar-refractivity contribution in [3.05, 3.63) is 24.3 Å². The number of sulfonamides is 1. The Morgan fingerprint density at radius 2 is 1.73 bits per heavy atom. The minimum absolute atomic E-state index is 0.0741. The first-order chi connectivity index (χ1) is 12.5. The second-order valence-corrected chi connectivity index (χ2v) is 8.66. The van der Waals surface area contributed by atoms with Crippen LogP contribution in [0.3, 0.4) is 0 Å². The van der Waals surface area contributed by atoms with Gasteiger partial charge in [-0.05, 0) is 44.0 Å². The van der Waals surface area contributed by atoms with Gasteiger partial charge in [0.15, 0.2) is 0 Å². The predicted octanol–water partition coefficient (Wildman–Crippen LogP) is 2.04. The first-order valence-corrected chi connectivity index (χ1v) is 10.7. The van der Waals surface area contributed by atoms with Gasteiger partial charge in [-0.25, -0.2) is 13.2 Å². The molecule has 2 fully saturated rings. The summed E-state index contributed by atoms with van der Waals surface area (Å²) < 4.78 is 32.4. The standard InChI is InChI=1S/C18H27N3O4S/c1-2-25-16-7-9-17(10-8-16)26(23,24)21-13-11-20(12-14-21)18(22)19-15-5-3-4-6-15/h7-10,15H,2-6,11-14H2,1H3,(H,19,22). The predicted molar refractivity (Wildman–Crippen MR) is 98.7 cm³/mol. The topological polar surface area (TPSA) is 79.0 Å². The zero-order chi connectivity index (χ0) is 18.6. The highest BCUT2D eigenvalue weighted by atomic mass is 32.2. The van der Waals surface area contributed by atoms with Gasteiger partial charge in [0, 0.05) is 32.2 Å². The first kappa shape index (κ1) is 19.0. The molecule has 7 nitrogen and oxygen atoms in total. The molecule has 1 aromatic carbocycles. The molecule has 1 N–H and O–H groups in total. The highest BCUT2D eigenvalue weighted by Crippen LogP contribution is 2.21. The number of hydrogen-bond acceptors (Lipinski definition) is 4. The summed E-state index contributed by atoms with van der Waals surface area (Å²) in [6, 6.07) is 6.67. The average Bonchev–Trinajstić information content (AvgIpc) is 3.15. The van der Waals surface area contributed by atoms with Crippen LogP contribution in [0.2, 0.25) is 0 Å². The molecule has 2 amide bonds. The molecule has 0 bridgehead atoms. The van der Waals surface area contributed by atoms with E-state index in [0.717, 1.165) is 12.8 Å². The van der Waals surface area contributed by atoms with Crippen molar-refractivity contribution in [2.45, 2.75) is 43.5 Å². The maximum atomic E-state index is 12.8. The van der Waals surface area contributed by atoms with Crippen LogP contribution in [0.1, 0.15) is 32.6 Å². The van der Waals surface area contributed by atoms with Gasteiger partial charge in [-0.15, -0.1) is 0 Å². The molecule has 1 aliphatic carbocycles. The number of ether oxygens (including phenoxy) is 1. The van der Waals surface area contributed by atoms with Gasteiger partial charge in [-0.1, -0.05) is 12.8 Å². The lowest BCUT2D eigenvalue weighted by molar-refractivity contribution is 0.169. The molecule has 144 valence electrons. The monoisotopic (exact) mass is 381 g/mol. The van der Waals surface area contributed by atoms with E-state index in [1.165, 1.54) is 17.1 Å². The quantitative estimate of drug-likeness (QED) is 0.847. The van der Waals surface area contributed by atoms with Crippen molar-refractivity contribution in [3.63, 3.8) is 0 Å². The third-order valence-electron chi connectivity index (χ3n) is 4.98. The molecule has 1 saturated carbocycles. The Balaban J connectivity index is 1.56. The highest BCUT2D eigenvalue weighted by Gasteiger charge is 2.31. The van der Waals surface area contributed by atoms with E-state index in [-0.39, 0.29) is 17.0 Å². The molecule has 1 aromatic rings. The molecule has 1 saturated heterocycles. The van der Waals surface area contributed by atoms with Crippen molar-refractivity contribution in [3.8, 4) is 5.75 Å². The zero-order valence-electron chi connectivity index (χ0n) is 15.2. The van der Waals surface area contributed by atoms with Crippen LogP contribution in [0, 0.1) is 0 Å². The molecule has 0 radical (unpaired) electrons. The molecule has 0 atom stereocenters. The van der Waals surface area contributed by atoms with Crippen molar-refractivity contribution in [2.75, 3.05) is 32.8 Å². The van der Waals surface area contributed by atoms with E-state index < -0.39 is 10.0 Å². The second kappa shape index (κ2) is 8.26. The Hall–Kier alpha value is -1.80. The molecule has 0 aromatic heterocycles.